The van der Waals surface area contributed by atoms with Crippen LogP contribution < -0.4 is 5.32 Å². The van der Waals surface area contributed by atoms with Crippen LogP contribution in [0.25, 0.3) is 0 Å². The number of aromatic nitrogens is 1. The first-order chi connectivity index (χ1) is 9.79. The molecule has 0 atom stereocenters. The van der Waals surface area contributed by atoms with E-state index in [9.17, 15) is 13.2 Å². The summed E-state index contributed by atoms with van der Waals surface area (Å²) in [5, 5.41) is 2.76. The Kier molecular flexibility index (Phi) is 6.77. The topological polar surface area (TPSA) is 79.4 Å². The summed E-state index contributed by atoms with van der Waals surface area (Å²) in [6, 6.07) is 3.67. The van der Waals surface area contributed by atoms with Crippen molar-refractivity contribution >= 4 is 15.9 Å². The van der Waals surface area contributed by atoms with Crippen LogP contribution in [0.3, 0.4) is 0 Å². The van der Waals surface area contributed by atoms with Gasteiger partial charge in [-0.15, -0.1) is 0 Å². The second-order valence-corrected chi connectivity index (χ2v) is 7.39. The van der Waals surface area contributed by atoms with E-state index in [1.165, 1.54) is 10.6 Å². The van der Waals surface area contributed by atoms with Crippen LogP contribution in [0.1, 0.15) is 25.8 Å². The lowest BCUT2D eigenvalue weighted by atomic mass is 10.2. The highest BCUT2D eigenvalue weighted by Crippen LogP contribution is 2.05. The second kappa shape index (κ2) is 8.09. The molecule has 0 radical (unpaired) electrons. The molecule has 0 bridgehead atoms. The van der Waals surface area contributed by atoms with E-state index in [-0.39, 0.29) is 24.8 Å². The minimum atomic E-state index is -3.28. The fourth-order valence-electron chi connectivity index (χ4n) is 1.82. The van der Waals surface area contributed by atoms with E-state index in [0.717, 1.165) is 5.56 Å². The van der Waals surface area contributed by atoms with Crippen LogP contribution in [0.4, 0.5) is 0 Å². The molecule has 0 unspecified atom stereocenters. The number of amides is 1. The highest BCUT2D eigenvalue weighted by Gasteiger charge is 2.18. The highest BCUT2D eigenvalue weighted by molar-refractivity contribution is 7.88. The van der Waals surface area contributed by atoms with E-state index in [1.807, 2.05) is 19.9 Å². The van der Waals surface area contributed by atoms with Gasteiger partial charge < -0.3 is 5.32 Å². The van der Waals surface area contributed by atoms with Crippen molar-refractivity contribution in [1.29, 1.82) is 0 Å². The van der Waals surface area contributed by atoms with Crippen LogP contribution in [-0.4, -0.2) is 43.0 Å². The zero-order chi connectivity index (χ0) is 15.9. The molecule has 0 aliphatic heterocycles. The fourth-order valence-corrected chi connectivity index (χ4v) is 2.81. The summed E-state index contributed by atoms with van der Waals surface area (Å²) in [6.45, 7) is 4.92. The van der Waals surface area contributed by atoms with Crippen molar-refractivity contribution in [2.45, 2.75) is 26.8 Å². The number of hydrogen-bond donors (Lipinski definition) is 1. The van der Waals surface area contributed by atoms with Gasteiger partial charge in [0.2, 0.25) is 15.9 Å². The Morgan fingerprint density at radius 2 is 2.14 bits per heavy atom. The zero-order valence-corrected chi connectivity index (χ0v) is 13.6. The molecular formula is C14H23N3O3S. The first-order valence-electron chi connectivity index (χ1n) is 6.89. The highest BCUT2D eigenvalue weighted by atomic mass is 32.2. The number of hydrogen-bond acceptors (Lipinski definition) is 4. The SMILES string of the molecule is CC(C)CN(CCC(=O)NCc1cccnc1)S(C)(=O)=O. The molecule has 1 aromatic heterocycles. The van der Waals surface area contributed by atoms with Crippen molar-refractivity contribution in [2.75, 3.05) is 19.3 Å². The van der Waals surface area contributed by atoms with E-state index in [1.54, 1.807) is 18.5 Å². The molecule has 118 valence electrons. The van der Waals surface area contributed by atoms with Crippen LogP contribution in [0.5, 0.6) is 0 Å². The number of sulfonamides is 1. The summed E-state index contributed by atoms with van der Waals surface area (Å²) < 4.78 is 24.6. The lowest BCUT2D eigenvalue weighted by molar-refractivity contribution is -0.121. The first kappa shape index (κ1) is 17.6. The first-order valence-corrected chi connectivity index (χ1v) is 8.74. The number of carbonyl (C=O) groups is 1. The maximum atomic E-state index is 11.8. The van der Waals surface area contributed by atoms with E-state index in [4.69, 9.17) is 0 Å². The number of nitrogens with zero attached hydrogens (tertiary/aromatic N) is 2. The molecule has 1 heterocycles. The van der Waals surface area contributed by atoms with Crippen LogP contribution in [0.2, 0.25) is 0 Å². The summed E-state index contributed by atoms with van der Waals surface area (Å²) in [7, 11) is -3.28. The van der Waals surface area contributed by atoms with Gasteiger partial charge in [-0.05, 0) is 17.5 Å². The predicted octanol–water partition coefficient (Wildman–Crippen LogP) is 1.01. The number of nitrogens with one attached hydrogen (secondary N) is 1. The summed E-state index contributed by atoms with van der Waals surface area (Å²) >= 11 is 0. The van der Waals surface area contributed by atoms with E-state index in [0.29, 0.717) is 13.1 Å². The molecule has 1 amide bonds. The molecule has 0 saturated carbocycles. The fraction of sp³-hybridized carbons (Fsp3) is 0.571. The molecule has 0 spiro atoms. The van der Waals surface area contributed by atoms with E-state index < -0.39 is 10.0 Å². The number of rotatable bonds is 8. The van der Waals surface area contributed by atoms with Gasteiger partial charge in [0, 0.05) is 38.4 Å². The Morgan fingerprint density at radius 1 is 1.43 bits per heavy atom. The number of carbonyl (C=O) groups excluding carboxylic acids is 1. The Morgan fingerprint density at radius 3 is 2.67 bits per heavy atom. The largest absolute Gasteiger partial charge is 0.352 e. The van der Waals surface area contributed by atoms with Gasteiger partial charge in [0.15, 0.2) is 0 Å². The zero-order valence-electron chi connectivity index (χ0n) is 12.7. The molecule has 0 aliphatic carbocycles. The molecule has 21 heavy (non-hydrogen) atoms. The van der Waals surface area contributed by atoms with Crippen molar-refractivity contribution in [2.24, 2.45) is 5.92 Å². The molecule has 0 saturated heterocycles. The van der Waals surface area contributed by atoms with Gasteiger partial charge in [0.1, 0.15) is 0 Å². The molecule has 0 fully saturated rings. The monoisotopic (exact) mass is 313 g/mol. The molecule has 0 aromatic carbocycles. The maximum absolute atomic E-state index is 11.8. The third-order valence-electron chi connectivity index (χ3n) is 2.84. The van der Waals surface area contributed by atoms with Gasteiger partial charge in [-0.25, -0.2) is 12.7 Å². The molecule has 1 rings (SSSR count). The smallest absolute Gasteiger partial charge is 0.221 e. The van der Waals surface area contributed by atoms with E-state index in [2.05, 4.69) is 10.3 Å². The Hall–Kier alpha value is -1.47. The Labute approximate surface area is 126 Å². The summed E-state index contributed by atoms with van der Waals surface area (Å²) in [4.78, 5) is 15.7. The summed E-state index contributed by atoms with van der Waals surface area (Å²) in [6.07, 6.45) is 4.67. The molecule has 1 aromatic rings. The molecule has 1 N–H and O–H groups in total. The molecule has 6 nitrogen and oxygen atoms in total. The normalized spacial score (nSPS) is 11.9. The van der Waals surface area contributed by atoms with E-state index >= 15 is 0 Å². The van der Waals surface area contributed by atoms with Gasteiger partial charge in [-0.3, -0.25) is 9.78 Å². The Balaban J connectivity index is 2.43. The van der Waals surface area contributed by atoms with Gasteiger partial charge in [0.05, 0.1) is 6.26 Å². The summed E-state index contributed by atoms with van der Waals surface area (Å²) in [5.41, 5.74) is 0.910. The summed E-state index contributed by atoms with van der Waals surface area (Å²) in [5.74, 6) is 0.0504. The minimum absolute atomic E-state index is 0.153. The second-order valence-electron chi connectivity index (χ2n) is 5.40. The molecular weight excluding hydrogens is 290 g/mol. The molecule has 0 aliphatic rings. The van der Waals surface area contributed by atoms with Gasteiger partial charge in [-0.1, -0.05) is 19.9 Å². The van der Waals surface area contributed by atoms with Crippen molar-refractivity contribution in [3.8, 4) is 0 Å². The predicted molar refractivity (Wildman–Crippen MR) is 82.0 cm³/mol. The third kappa shape index (κ3) is 7.19. The van der Waals surface area contributed by atoms with Crippen molar-refractivity contribution in [1.82, 2.24) is 14.6 Å². The van der Waals surface area contributed by atoms with Crippen molar-refractivity contribution in [3.63, 3.8) is 0 Å². The van der Waals surface area contributed by atoms with Gasteiger partial charge in [-0.2, -0.15) is 0 Å². The lowest BCUT2D eigenvalue weighted by Crippen LogP contribution is -2.36. The average Bonchev–Trinajstić information content (AvgIpc) is 2.40. The standard InChI is InChI=1S/C14H23N3O3S/c1-12(2)11-17(21(3,19)20)8-6-14(18)16-10-13-5-4-7-15-9-13/h4-5,7,9,12H,6,8,10-11H2,1-3H3,(H,16,18). The van der Waals surface area contributed by atoms with Gasteiger partial charge >= 0.3 is 0 Å². The quantitative estimate of drug-likeness (QED) is 0.776. The maximum Gasteiger partial charge on any atom is 0.221 e. The van der Waals surface area contributed by atoms with Crippen molar-refractivity contribution < 1.29 is 13.2 Å². The Bertz CT molecular complexity index is 544. The minimum Gasteiger partial charge on any atom is -0.352 e. The van der Waals surface area contributed by atoms with Crippen LogP contribution in [0.15, 0.2) is 24.5 Å². The average molecular weight is 313 g/mol. The number of pyridine rings is 1. The van der Waals surface area contributed by atoms with Gasteiger partial charge in [0.25, 0.3) is 0 Å². The lowest BCUT2D eigenvalue weighted by Gasteiger charge is -2.21. The van der Waals surface area contributed by atoms with Crippen LogP contribution in [-0.2, 0) is 21.4 Å². The van der Waals surface area contributed by atoms with Crippen molar-refractivity contribution in [3.05, 3.63) is 30.1 Å². The molecule has 7 heteroatoms. The van der Waals surface area contributed by atoms with Crippen LogP contribution in [0, 0.1) is 5.92 Å². The van der Waals surface area contributed by atoms with Crippen LogP contribution >= 0.6 is 0 Å². The third-order valence-corrected chi connectivity index (χ3v) is 4.11.